The third-order valence-electron chi connectivity index (χ3n) is 6.45. The summed E-state index contributed by atoms with van der Waals surface area (Å²) in [5.41, 5.74) is 3.45. The molecule has 1 amide bonds. The van der Waals surface area contributed by atoms with E-state index in [1.807, 2.05) is 4.90 Å². The summed E-state index contributed by atoms with van der Waals surface area (Å²) in [4.78, 5) is 34.6. The first-order chi connectivity index (χ1) is 17.8. The van der Waals surface area contributed by atoms with Crippen LogP contribution in [0.2, 0.25) is 0 Å². The molecule has 3 aromatic rings. The minimum atomic E-state index is -0.393. The lowest BCUT2D eigenvalue weighted by Gasteiger charge is -2.36. The van der Waals surface area contributed by atoms with E-state index < -0.39 is 4.92 Å². The number of non-ortho nitro benzene ring substituents is 1. The largest absolute Gasteiger partial charge is 0.368 e. The fourth-order valence-electron chi connectivity index (χ4n) is 4.43. The molecule has 2 aromatic carbocycles. The van der Waals surface area contributed by atoms with Crippen LogP contribution in [0.25, 0.3) is 0 Å². The predicted molar refractivity (Wildman–Crippen MR) is 147 cm³/mol. The van der Waals surface area contributed by atoms with Crippen LogP contribution in [0.15, 0.2) is 48.5 Å². The van der Waals surface area contributed by atoms with Crippen molar-refractivity contribution in [2.24, 2.45) is 5.92 Å². The van der Waals surface area contributed by atoms with Gasteiger partial charge in [0.2, 0.25) is 11.0 Å². The Morgan fingerprint density at radius 1 is 1.08 bits per heavy atom. The summed E-state index contributed by atoms with van der Waals surface area (Å²) in [5, 5.41) is 11.8. The zero-order chi connectivity index (χ0) is 26.4. The van der Waals surface area contributed by atoms with Crippen LogP contribution in [0, 0.1) is 23.0 Å². The number of piperazine rings is 1. The number of benzene rings is 2. The van der Waals surface area contributed by atoms with Crippen molar-refractivity contribution in [1.82, 2.24) is 14.3 Å². The molecule has 196 valence electrons. The second-order valence-electron chi connectivity index (χ2n) is 9.89. The normalized spacial score (nSPS) is 13.7. The molecule has 0 spiro atoms. The Balaban J connectivity index is 1.30. The number of amides is 1. The van der Waals surface area contributed by atoms with Crippen LogP contribution in [0.4, 0.5) is 16.5 Å². The number of nitro benzene ring substituents is 1. The van der Waals surface area contributed by atoms with E-state index in [1.54, 1.807) is 12.1 Å². The van der Waals surface area contributed by atoms with Crippen LogP contribution in [0.3, 0.4) is 0 Å². The number of carbonyl (C=O) groups is 1. The maximum atomic E-state index is 13.0. The second-order valence-corrected chi connectivity index (χ2v) is 10.6. The quantitative estimate of drug-likeness (QED) is 0.285. The van der Waals surface area contributed by atoms with E-state index in [-0.39, 0.29) is 11.6 Å². The van der Waals surface area contributed by atoms with E-state index in [2.05, 4.69) is 59.2 Å². The molecule has 2 heterocycles. The maximum absolute atomic E-state index is 13.0. The maximum Gasteiger partial charge on any atom is 0.269 e. The molecular formula is C27H34N6O3S. The Hall–Kier alpha value is -3.53. The van der Waals surface area contributed by atoms with Crippen molar-refractivity contribution >= 4 is 33.9 Å². The molecule has 0 radical (unpaired) electrons. The number of carbonyl (C=O) groups excluding carboxylic acids is 1. The number of anilines is 2. The highest BCUT2D eigenvalue weighted by Gasteiger charge is 2.23. The predicted octanol–water partition coefficient (Wildman–Crippen LogP) is 4.55. The summed E-state index contributed by atoms with van der Waals surface area (Å²) in [7, 11) is 0. The van der Waals surface area contributed by atoms with Crippen molar-refractivity contribution in [1.29, 1.82) is 0 Å². The Bertz CT molecular complexity index is 1190. The van der Waals surface area contributed by atoms with Crippen LogP contribution < -0.4 is 9.80 Å². The number of hydrogen-bond acceptors (Lipinski definition) is 8. The molecule has 0 aliphatic carbocycles. The van der Waals surface area contributed by atoms with Gasteiger partial charge in [0.15, 0.2) is 0 Å². The van der Waals surface area contributed by atoms with Crippen molar-refractivity contribution in [3.05, 3.63) is 75.6 Å². The van der Waals surface area contributed by atoms with Gasteiger partial charge in [-0.15, -0.1) is 0 Å². The van der Waals surface area contributed by atoms with E-state index in [0.29, 0.717) is 51.5 Å². The van der Waals surface area contributed by atoms with Gasteiger partial charge in [-0.2, -0.15) is 4.37 Å². The molecular weight excluding hydrogens is 488 g/mol. The first-order valence-corrected chi connectivity index (χ1v) is 13.5. The van der Waals surface area contributed by atoms with Crippen LogP contribution in [-0.2, 0) is 11.2 Å². The van der Waals surface area contributed by atoms with Crippen molar-refractivity contribution in [2.75, 3.05) is 49.1 Å². The highest BCUT2D eigenvalue weighted by Crippen LogP contribution is 2.23. The number of hydrogen-bond donors (Lipinski definition) is 0. The molecule has 0 unspecified atom stereocenters. The van der Waals surface area contributed by atoms with Gasteiger partial charge < -0.3 is 14.7 Å². The fraction of sp³-hybridized carbons (Fsp3) is 0.444. The van der Waals surface area contributed by atoms with Gasteiger partial charge in [0.25, 0.3) is 5.69 Å². The minimum absolute atomic E-state index is 0.0845. The third-order valence-corrected chi connectivity index (χ3v) is 7.26. The first kappa shape index (κ1) is 26.5. The van der Waals surface area contributed by atoms with Gasteiger partial charge in [-0.25, -0.2) is 4.98 Å². The molecule has 4 rings (SSSR count). The summed E-state index contributed by atoms with van der Waals surface area (Å²) < 4.78 is 4.58. The van der Waals surface area contributed by atoms with E-state index in [0.717, 1.165) is 23.2 Å². The topological polar surface area (TPSA) is 95.7 Å². The monoisotopic (exact) mass is 522 g/mol. The summed E-state index contributed by atoms with van der Waals surface area (Å²) in [6, 6.07) is 15.0. The average Bonchev–Trinajstić information content (AvgIpc) is 3.36. The lowest BCUT2D eigenvalue weighted by Crippen LogP contribution is -2.49. The van der Waals surface area contributed by atoms with E-state index in [9.17, 15) is 14.9 Å². The third kappa shape index (κ3) is 7.25. The molecule has 0 N–H and O–H groups in total. The molecule has 0 saturated carbocycles. The van der Waals surface area contributed by atoms with Crippen molar-refractivity contribution in [3.63, 3.8) is 0 Å². The summed E-state index contributed by atoms with van der Waals surface area (Å²) in [6.07, 6.45) is 1.13. The Labute approximate surface area is 222 Å². The average molecular weight is 523 g/mol. The number of nitro groups is 1. The molecule has 0 atom stereocenters. The standard InChI is InChI=1S/C27H34N6O3S/c1-20(2)19-32(27-28-25(29-37-27)18-22-6-4-21(3)5-7-22)13-12-26(34)31-16-14-30(15-17-31)23-8-10-24(11-9-23)33(35)36/h4-11,20H,12-19H2,1-3H3. The molecule has 1 aliphatic heterocycles. The van der Waals surface area contributed by atoms with Gasteiger partial charge in [-0.3, -0.25) is 14.9 Å². The van der Waals surface area contributed by atoms with Gasteiger partial charge in [0, 0.05) is 81.5 Å². The minimum Gasteiger partial charge on any atom is -0.368 e. The van der Waals surface area contributed by atoms with Crippen LogP contribution in [-0.4, -0.2) is 64.4 Å². The lowest BCUT2D eigenvalue weighted by molar-refractivity contribution is -0.384. The molecule has 0 bridgehead atoms. The van der Waals surface area contributed by atoms with Crippen LogP contribution >= 0.6 is 11.5 Å². The van der Waals surface area contributed by atoms with E-state index in [4.69, 9.17) is 4.98 Å². The second kappa shape index (κ2) is 12.1. The molecule has 37 heavy (non-hydrogen) atoms. The number of aromatic nitrogens is 2. The highest BCUT2D eigenvalue weighted by molar-refractivity contribution is 7.09. The van der Waals surface area contributed by atoms with Gasteiger partial charge in [-0.1, -0.05) is 43.7 Å². The number of rotatable bonds is 10. The molecule has 1 fully saturated rings. The van der Waals surface area contributed by atoms with Crippen molar-refractivity contribution in [2.45, 2.75) is 33.6 Å². The van der Waals surface area contributed by atoms with Gasteiger partial charge in [0.05, 0.1) is 4.92 Å². The lowest BCUT2D eigenvalue weighted by atomic mass is 10.1. The Morgan fingerprint density at radius 2 is 1.76 bits per heavy atom. The molecule has 9 nitrogen and oxygen atoms in total. The zero-order valence-electron chi connectivity index (χ0n) is 21.7. The van der Waals surface area contributed by atoms with Crippen molar-refractivity contribution in [3.8, 4) is 0 Å². The van der Waals surface area contributed by atoms with Gasteiger partial charge in [0.1, 0.15) is 5.82 Å². The highest BCUT2D eigenvalue weighted by atomic mass is 32.1. The molecule has 10 heteroatoms. The number of aryl methyl sites for hydroxylation is 1. The van der Waals surface area contributed by atoms with Crippen molar-refractivity contribution < 1.29 is 9.72 Å². The van der Waals surface area contributed by atoms with Crippen LogP contribution in [0.5, 0.6) is 0 Å². The Morgan fingerprint density at radius 3 is 2.38 bits per heavy atom. The number of nitrogens with zero attached hydrogens (tertiary/aromatic N) is 6. The first-order valence-electron chi connectivity index (χ1n) is 12.7. The summed E-state index contributed by atoms with van der Waals surface area (Å²) in [6.45, 7) is 10.5. The SMILES string of the molecule is Cc1ccc(Cc2nsc(N(CCC(=O)N3CCN(c4ccc([N+](=O)[O-])cc4)CC3)CC(C)C)n2)cc1. The summed E-state index contributed by atoms with van der Waals surface area (Å²) in [5.74, 6) is 1.39. The Kier molecular flexibility index (Phi) is 8.70. The molecule has 1 aliphatic rings. The fourth-order valence-corrected chi connectivity index (χ4v) is 5.15. The van der Waals surface area contributed by atoms with Gasteiger partial charge >= 0.3 is 0 Å². The zero-order valence-corrected chi connectivity index (χ0v) is 22.5. The van der Waals surface area contributed by atoms with Gasteiger partial charge in [-0.05, 0) is 30.5 Å². The smallest absolute Gasteiger partial charge is 0.269 e. The molecule has 1 saturated heterocycles. The van der Waals surface area contributed by atoms with Crippen LogP contribution in [0.1, 0.15) is 37.2 Å². The van der Waals surface area contributed by atoms with E-state index >= 15 is 0 Å². The van der Waals surface area contributed by atoms with E-state index in [1.165, 1.54) is 34.8 Å². The summed E-state index contributed by atoms with van der Waals surface area (Å²) >= 11 is 1.40. The molecule has 1 aromatic heterocycles.